The molecule has 0 heterocycles. The van der Waals surface area contributed by atoms with Crippen molar-refractivity contribution in [2.24, 2.45) is 11.3 Å². The molecule has 3 nitrogen and oxygen atoms in total. The summed E-state index contributed by atoms with van der Waals surface area (Å²) in [7, 11) is 0. The number of Topliss-reactive ketones (excluding diaryl/α,β-unsaturated/α-hetero) is 1. The van der Waals surface area contributed by atoms with Gasteiger partial charge in [-0.05, 0) is 36.3 Å². The molecular weight excluding hydrogens is 238 g/mol. The lowest BCUT2D eigenvalue weighted by molar-refractivity contribution is -0.134. The van der Waals surface area contributed by atoms with E-state index in [1.54, 1.807) is 0 Å². The Morgan fingerprint density at radius 3 is 2.53 bits per heavy atom. The maximum Gasteiger partial charge on any atom is 0.164 e. The van der Waals surface area contributed by atoms with Crippen LogP contribution in [0.4, 0.5) is 5.69 Å². The first-order valence-electron chi connectivity index (χ1n) is 6.96. The monoisotopic (exact) mass is 261 g/mol. The first-order chi connectivity index (χ1) is 8.97. The predicted molar refractivity (Wildman–Crippen MR) is 76.7 cm³/mol. The molecule has 1 N–H and O–H groups in total. The van der Waals surface area contributed by atoms with Gasteiger partial charge in [-0.3, -0.25) is 15.1 Å². The maximum absolute atomic E-state index is 11.9. The van der Waals surface area contributed by atoms with Gasteiger partial charge in [0.25, 0.3) is 0 Å². The fourth-order valence-electron chi connectivity index (χ4n) is 2.53. The summed E-state index contributed by atoms with van der Waals surface area (Å²) >= 11 is 0. The summed E-state index contributed by atoms with van der Waals surface area (Å²) in [6.07, 6.45) is 2.09. The zero-order chi connectivity index (χ0) is 13.9. The van der Waals surface area contributed by atoms with Gasteiger partial charge in [0.05, 0.1) is 5.69 Å². The van der Waals surface area contributed by atoms with Crippen molar-refractivity contribution in [3.8, 4) is 0 Å². The minimum Gasteiger partial charge on any atom is -0.297 e. The lowest BCUT2D eigenvalue weighted by atomic mass is 9.71. The second kappa shape index (κ2) is 5.74. The van der Waals surface area contributed by atoms with Crippen molar-refractivity contribution in [2.75, 3.05) is 5.48 Å². The van der Waals surface area contributed by atoms with Gasteiger partial charge in [0.15, 0.2) is 5.78 Å². The molecule has 0 aromatic heterocycles. The number of hydrogen-bond acceptors (Lipinski definition) is 3. The van der Waals surface area contributed by atoms with Crippen molar-refractivity contribution >= 4 is 11.5 Å². The summed E-state index contributed by atoms with van der Waals surface area (Å²) < 4.78 is 0. The lowest BCUT2D eigenvalue weighted by Crippen LogP contribution is -2.38. The van der Waals surface area contributed by atoms with E-state index < -0.39 is 0 Å². The van der Waals surface area contributed by atoms with Crippen molar-refractivity contribution in [3.05, 3.63) is 30.3 Å². The molecule has 0 spiro atoms. The van der Waals surface area contributed by atoms with E-state index >= 15 is 0 Å². The molecule has 1 aliphatic carbocycles. The third-order valence-corrected chi connectivity index (χ3v) is 3.91. The summed E-state index contributed by atoms with van der Waals surface area (Å²) in [5.74, 6) is 0.747. The number of benzene rings is 1. The van der Waals surface area contributed by atoms with Gasteiger partial charge >= 0.3 is 0 Å². The van der Waals surface area contributed by atoms with Gasteiger partial charge in [0, 0.05) is 6.42 Å². The summed E-state index contributed by atoms with van der Waals surface area (Å²) in [5.41, 5.74) is 4.01. The van der Waals surface area contributed by atoms with E-state index in [1.807, 2.05) is 30.3 Å². The van der Waals surface area contributed by atoms with E-state index in [2.05, 4.69) is 26.3 Å². The van der Waals surface area contributed by atoms with E-state index in [4.69, 9.17) is 4.84 Å². The second-order valence-corrected chi connectivity index (χ2v) is 6.38. The number of para-hydroxylation sites is 1. The molecule has 0 unspecified atom stereocenters. The van der Waals surface area contributed by atoms with Crippen LogP contribution in [0.1, 0.15) is 40.0 Å². The molecule has 0 amide bonds. The second-order valence-electron chi connectivity index (χ2n) is 6.38. The zero-order valence-electron chi connectivity index (χ0n) is 12.0. The highest BCUT2D eigenvalue weighted by Gasteiger charge is 2.35. The molecule has 2 atom stereocenters. The maximum atomic E-state index is 11.9. The van der Waals surface area contributed by atoms with Gasteiger partial charge < -0.3 is 0 Å². The molecule has 104 valence electrons. The Morgan fingerprint density at radius 1 is 1.21 bits per heavy atom. The van der Waals surface area contributed by atoms with E-state index in [0.29, 0.717) is 12.3 Å². The lowest BCUT2D eigenvalue weighted by Gasteiger charge is -2.36. The summed E-state index contributed by atoms with van der Waals surface area (Å²) in [5, 5.41) is 0. The van der Waals surface area contributed by atoms with Crippen LogP contribution in [0, 0.1) is 11.3 Å². The first-order valence-corrected chi connectivity index (χ1v) is 6.96. The summed E-state index contributed by atoms with van der Waals surface area (Å²) in [6.45, 7) is 6.69. The van der Waals surface area contributed by atoms with E-state index in [-0.39, 0.29) is 17.3 Å². The van der Waals surface area contributed by atoms with Crippen LogP contribution < -0.4 is 5.48 Å². The third kappa shape index (κ3) is 3.80. The number of carbonyl (C=O) groups is 1. The summed E-state index contributed by atoms with van der Waals surface area (Å²) in [4.78, 5) is 17.5. The van der Waals surface area contributed by atoms with Crippen LogP contribution in [0.2, 0.25) is 0 Å². The Morgan fingerprint density at radius 2 is 1.89 bits per heavy atom. The fraction of sp³-hybridized carbons (Fsp3) is 0.562. The average molecular weight is 261 g/mol. The van der Waals surface area contributed by atoms with Crippen LogP contribution in [0.3, 0.4) is 0 Å². The largest absolute Gasteiger partial charge is 0.297 e. The van der Waals surface area contributed by atoms with Crippen molar-refractivity contribution in [1.82, 2.24) is 0 Å². The predicted octanol–water partition coefficient (Wildman–Crippen LogP) is 3.81. The SMILES string of the molecule is CC(C)(C)[C@@H]1CCC(=O)[C@H](ONc2ccccc2)C1. The average Bonchev–Trinajstić information content (AvgIpc) is 2.37. The molecule has 3 heteroatoms. The van der Waals surface area contributed by atoms with E-state index in [1.165, 1.54) is 0 Å². The van der Waals surface area contributed by atoms with Crippen LogP contribution in [-0.2, 0) is 9.63 Å². The van der Waals surface area contributed by atoms with E-state index in [0.717, 1.165) is 18.5 Å². The number of ketones is 1. The molecule has 1 aromatic rings. The van der Waals surface area contributed by atoms with Gasteiger partial charge in [-0.2, -0.15) is 0 Å². The molecule has 1 saturated carbocycles. The standard InChI is InChI=1S/C16H23NO2/c1-16(2,3)12-9-10-14(18)15(11-12)19-17-13-7-5-4-6-8-13/h4-8,12,15,17H,9-11H2,1-3H3/t12-,15-/m1/s1. The topological polar surface area (TPSA) is 38.3 Å². The number of rotatable bonds is 3. The number of nitrogens with one attached hydrogen (secondary N) is 1. The normalized spacial score (nSPS) is 24.3. The van der Waals surface area contributed by atoms with E-state index in [9.17, 15) is 4.79 Å². The van der Waals surface area contributed by atoms with Crippen LogP contribution in [0.15, 0.2) is 30.3 Å². The Labute approximate surface area is 115 Å². The molecule has 1 aromatic carbocycles. The van der Waals surface area contributed by atoms with Crippen LogP contribution >= 0.6 is 0 Å². The molecule has 0 saturated heterocycles. The minimum absolute atomic E-state index is 0.212. The Kier molecular flexibility index (Phi) is 4.25. The molecular formula is C16H23NO2. The third-order valence-electron chi connectivity index (χ3n) is 3.91. The Hall–Kier alpha value is -1.35. The van der Waals surface area contributed by atoms with Crippen molar-refractivity contribution < 1.29 is 9.63 Å². The van der Waals surface area contributed by atoms with Crippen molar-refractivity contribution in [3.63, 3.8) is 0 Å². The zero-order valence-corrected chi connectivity index (χ0v) is 12.0. The molecule has 1 aliphatic rings. The highest BCUT2D eigenvalue weighted by molar-refractivity contribution is 5.83. The minimum atomic E-state index is -0.321. The van der Waals surface area contributed by atoms with Crippen LogP contribution in [-0.4, -0.2) is 11.9 Å². The molecule has 1 fully saturated rings. The van der Waals surface area contributed by atoms with Crippen LogP contribution in [0.5, 0.6) is 0 Å². The number of anilines is 1. The number of carbonyl (C=O) groups excluding carboxylic acids is 1. The van der Waals surface area contributed by atoms with Gasteiger partial charge in [-0.25, -0.2) is 0 Å². The van der Waals surface area contributed by atoms with Gasteiger partial charge in [-0.15, -0.1) is 0 Å². The molecule has 0 bridgehead atoms. The molecule has 19 heavy (non-hydrogen) atoms. The summed E-state index contributed by atoms with van der Waals surface area (Å²) in [6, 6.07) is 9.67. The smallest absolute Gasteiger partial charge is 0.164 e. The molecule has 0 aliphatic heterocycles. The highest BCUT2D eigenvalue weighted by atomic mass is 16.7. The number of hydrogen-bond donors (Lipinski definition) is 1. The van der Waals surface area contributed by atoms with Gasteiger partial charge in [0.2, 0.25) is 0 Å². The van der Waals surface area contributed by atoms with Crippen molar-refractivity contribution in [1.29, 1.82) is 0 Å². The van der Waals surface area contributed by atoms with Crippen LogP contribution in [0.25, 0.3) is 0 Å². The highest BCUT2D eigenvalue weighted by Crippen LogP contribution is 2.37. The van der Waals surface area contributed by atoms with Crippen molar-refractivity contribution in [2.45, 2.75) is 46.1 Å². The first kappa shape index (κ1) is 14.1. The van der Waals surface area contributed by atoms with Gasteiger partial charge in [-0.1, -0.05) is 39.0 Å². The quantitative estimate of drug-likeness (QED) is 0.841. The fourth-order valence-corrected chi connectivity index (χ4v) is 2.53. The van der Waals surface area contributed by atoms with Gasteiger partial charge in [0.1, 0.15) is 6.10 Å². The Balaban J connectivity index is 1.93. The Bertz CT molecular complexity index is 422. The molecule has 2 rings (SSSR count). The molecule has 0 radical (unpaired) electrons.